The summed E-state index contributed by atoms with van der Waals surface area (Å²) in [7, 11) is 0. The SMILES string of the molecule is Cc1nn(CC(C)C)c(C)c1CC(=O)Nc1ccc(Cl)c(C(F)(F)F)c1. The maximum Gasteiger partial charge on any atom is 0.417 e. The zero-order chi connectivity index (χ0) is 19.6. The van der Waals surface area contributed by atoms with Crippen molar-refractivity contribution in [2.75, 3.05) is 5.32 Å². The second-order valence-corrected chi connectivity index (χ2v) is 7.05. The number of aromatic nitrogens is 2. The number of carbonyl (C=O) groups is 1. The van der Waals surface area contributed by atoms with Gasteiger partial charge in [-0.05, 0) is 38.0 Å². The summed E-state index contributed by atoms with van der Waals surface area (Å²) in [6, 6.07) is 3.30. The first-order valence-electron chi connectivity index (χ1n) is 8.18. The Morgan fingerprint density at radius 2 is 1.96 bits per heavy atom. The Hall–Kier alpha value is -2.02. The van der Waals surface area contributed by atoms with Crippen LogP contribution in [0.25, 0.3) is 0 Å². The van der Waals surface area contributed by atoms with Gasteiger partial charge < -0.3 is 5.32 Å². The van der Waals surface area contributed by atoms with Crippen molar-refractivity contribution < 1.29 is 18.0 Å². The molecular weight excluding hydrogens is 367 g/mol. The maximum absolute atomic E-state index is 12.9. The van der Waals surface area contributed by atoms with E-state index in [1.165, 1.54) is 6.07 Å². The molecule has 1 aromatic heterocycles. The fourth-order valence-electron chi connectivity index (χ4n) is 2.70. The summed E-state index contributed by atoms with van der Waals surface area (Å²) in [5, 5.41) is 6.53. The van der Waals surface area contributed by atoms with Crippen molar-refractivity contribution in [2.24, 2.45) is 5.92 Å². The number of nitrogens with zero attached hydrogens (tertiary/aromatic N) is 2. The van der Waals surface area contributed by atoms with Crippen LogP contribution in [-0.4, -0.2) is 15.7 Å². The number of hydrogen-bond acceptors (Lipinski definition) is 2. The van der Waals surface area contributed by atoms with E-state index >= 15 is 0 Å². The van der Waals surface area contributed by atoms with E-state index in [1.54, 1.807) is 0 Å². The van der Waals surface area contributed by atoms with Crippen molar-refractivity contribution in [2.45, 2.75) is 46.8 Å². The molecular formula is C18H21ClF3N3O. The molecule has 0 unspecified atom stereocenters. The van der Waals surface area contributed by atoms with Crippen LogP contribution in [0, 0.1) is 19.8 Å². The minimum Gasteiger partial charge on any atom is -0.326 e. The number of carbonyl (C=O) groups excluding carboxylic acids is 1. The summed E-state index contributed by atoms with van der Waals surface area (Å²) in [5.74, 6) is 0.000257. The van der Waals surface area contributed by atoms with Crippen LogP contribution >= 0.6 is 11.6 Å². The Labute approximate surface area is 155 Å². The highest BCUT2D eigenvalue weighted by atomic mass is 35.5. The van der Waals surface area contributed by atoms with E-state index in [0.29, 0.717) is 5.92 Å². The summed E-state index contributed by atoms with van der Waals surface area (Å²) in [4.78, 5) is 12.3. The molecule has 2 rings (SSSR count). The van der Waals surface area contributed by atoms with E-state index in [9.17, 15) is 18.0 Å². The van der Waals surface area contributed by atoms with Crippen molar-refractivity contribution in [3.63, 3.8) is 0 Å². The first kappa shape index (κ1) is 20.3. The quantitative estimate of drug-likeness (QED) is 0.783. The molecule has 0 fully saturated rings. The van der Waals surface area contributed by atoms with Gasteiger partial charge in [0, 0.05) is 23.5 Å². The highest BCUT2D eigenvalue weighted by Crippen LogP contribution is 2.36. The molecule has 0 saturated carbocycles. The van der Waals surface area contributed by atoms with Crippen LogP contribution in [0.5, 0.6) is 0 Å². The Kier molecular flexibility index (Phi) is 6.01. The molecule has 26 heavy (non-hydrogen) atoms. The molecule has 1 amide bonds. The first-order chi connectivity index (χ1) is 12.0. The second kappa shape index (κ2) is 7.70. The van der Waals surface area contributed by atoms with Crippen LogP contribution in [0.1, 0.15) is 36.4 Å². The van der Waals surface area contributed by atoms with Crippen molar-refractivity contribution >= 4 is 23.2 Å². The van der Waals surface area contributed by atoms with Gasteiger partial charge >= 0.3 is 6.18 Å². The lowest BCUT2D eigenvalue weighted by molar-refractivity contribution is -0.137. The normalized spacial score (nSPS) is 11.9. The molecule has 0 spiro atoms. The molecule has 0 bridgehead atoms. The van der Waals surface area contributed by atoms with Crippen LogP contribution < -0.4 is 5.32 Å². The Morgan fingerprint density at radius 3 is 2.54 bits per heavy atom. The molecule has 1 heterocycles. The van der Waals surface area contributed by atoms with Crippen molar-refractivity contribution in [3.8, 4) is 0 Å². The van der Waals surface area contributed by atoms with Gasteiger partial charge in [-0.15, -0.1) is 0 Å². The predicted molar refractivity (Wildman–Crippen MR) is 95.3 cm³/mol. The summed E-state index contributed by atoms with van der Waals surface area (Å²) in [6.07, 6.45) is -4.54. The lowest BCUT2D eigenvalue weighted by atomic mass is 10.1. The predicted octanol–water partition coefficient (Wildman–Crippen LogP) is 5.01. The number of amides is 1. The summed E-state index contributed by atoms with van der Waals surface area (Å²) in [5.41, 5.74) is 1.49. The van der Waals surface area contributed by atoms with Gasteiger partial charge in [-0.1, -0.05) is 25.4 Å². The van der Waals surface area contributed by atoms with Crippen LogP contribution in [0.2, 0.25) is 5.02 Å². The minimum absolute atomic E-state index is 0.0414. The summed E-state index contributed by atoms with van der Waals surface area (Å²) < 4.78 is 40.6. The molecule has 2 aromatic rings. The standard InChI is InChI=1S/C18H21ClF3N3O/c1-10(2)9-25-12(4)14(11(3)24-25)8-17(26)23-13-5-6-16(19)15(7-13)18(20,21)22/h5-7,10H,8-9H2,1-4H3,(H,23,26). The average molecular weight is 388 g/mol. The van der Waals surface area contributed by atoms with E-state index in [4.69, 9.17) is 11.6 Å². The fourth-order valence-corrected chi connectivity index (χ4v) is 2.92. The second-order valence-electron chi connectivity index (χ2n) is 6.64. The van der Waals surface area contributed by atoms with Gasteiger partial charge in [-0.25, -0.2) is 0 Å². The number of benzene rings is 1. The van der Waals surface area contributed by atoms with E-state index in [2.05, 4.69) is 24.3 Å². The molecule has 8 heteroatoms. The largest absolute Gasteiger partial charge is 0.417 e. The lowest BCUT2D eigenvalue weighted by Crippen LogP contribution is -2.16. The third-order valence-corrected chi connectivity index (χ3v) is 4.29. The van der Waals surface area contributed by atoms with Gasteiger partial charge in [0.1, 0.15) is 0 Å². The van der Waals surface area contributed by atoms with E-state index in [1.807, 2.05) is 18.5 Å². The number of alkyl halides is 3. The number of hydrogen-bond donors (Lipinski definition) is 1. The highest BCUT2D eigenvalue weighted by molar-refractivity contribution is 6.31. The van der Waals surface area contributed by atoms with Gasteiger partial charge in [-0.2, -0.15) is 18.3 Å². The van der Waals surface area contributed by atoms with Crippen molar-refractivity contribution in [3.05, 3.63) is 45.7 Å². The highest BCUT2D eigenvalue weighted by Gasteiger charge is 2.33. The maximum atomic E-state index is 12.9. The fraction of sp³-hybridized carbons (Fsp3) is 0.444. The zero-order valence-electron chi connectivity index (χ0n) is 15.0. The van der Waals surface area contributed by atoms with Gasteiger partial charge in [0.25, 0.3) is 0 Å². The number of nitrogens with one attached hydrogen (secondary N) is 1. The van der Waals surface area contributed by atoms with Crippen LogP contribution in [0.15, 0.2) is 18.2 Å². The number of rotatable bonds is 5. The van der Waals surface area contributed by atoms with E-state index < -0.39 is 22.7 Å². The van der Waals surface area contributed by atoms with Gasteiger partial charge in [0.15, 0.2) is 0 Å². The van der Waals surface area contributed by atoms with E-state index in [-0.39, 0.29) is 12.1 Å². The van der Waals surface area contributed by atoms with Crippen molar-refractivity contribution in [1.29, 1.82) is 0 Å². The van der Waals surface area contributed by atoms with Crippen LogP contribution in [-0.2, 0) is 23.9 Å². The molecule has 1 aromatic carbocycles. The molecule has 1 N–H and O–H groups in total. The third kappa shape index (κ3) is 4.78. The Balaban J connectivity index is 2.16. The topological polar surface area (TPSA) is 46.9 Å². The summed E-state index contributed by atoms with van der Waals surface area (Å²) in [6.45, 7) is 8.58. The Bertz CT molecular complexity index is 813. The molecule has 142 valence electrons. The molecule has 0 aliphatic rings. The summed E-state index contributed by atoms with van der Waals surface area (Å²) >= 11 is 5.59. The van der Waals surface area contributed by atoms with Crippen molar-refractivity contribution in [1.82, 2.24) is 9.78 Å². The molecule has 4 nitrogen and oxygen atoms in total. The van der Waals surface area contributed by atoms with Crippen LogP contribution in [0.3, 0.4) is 0 Å². The minimum atomic E-state index is -4.58. The first-order valence-corrected chi connectivity index (χ1v) is 8.56. The zero-order valence-corrected chi connectivity index (χ0v) is 15.8. The van der Waals surface area contributed by atoms with Gasteiger partial charge in [0.2, 0.25) is 5.91 Å². The van der Waals surface area contributed by atoms with Gasteiger partial charge in [0.05, 0.1) is 22.7 Å². The van der Waals surface area contributed by atoms with E-state index in [0.717, 1.165) is 35.6 Å². The Morgan fingerprint density at radius 1 is 1.31 bits per heavy atom. The molecule has 0 aliphatic carbocycles. The number of anilines is 1. The lowest BCUT2D eigenvalue weighted by Gasteiger charge is -2.12. The smallest absolute Gasteiger partial charge is 0.326 e. The monoisotopic (exact) mass is 387 g/mol. The number of halogens is 4. The molecule has 0 aliphatic heterocycles. The third-order valence-electron chi connectivity index (χ3n) is 3.96. The van der Waals surface area contributed by atoms with Gasteiger partial charge in [-0.3, -0.25) is 9.48 Å². The average Bonchev–Trinajstić information content (AvgIpc) is 2.75. The molecule has 0 radical (unpaired) electrons. The molecule has 0 atom stereocenters. The van der Waals surface area contributed by atoms with Crippen LogP contribution in [0.4, 0.5) is 18.9 Å². The number of aryl methyl sites for hydroxylation is 1. The molecule has 0 saturated heterocycles.